The number of anilines is 1. The zero-order valence-electron chi connectivity index (χ0n) is 26.4. The van der Waals surface area contributed by atoms with Crippen LogP contribution in [-0.2, 0) is 32.3 Å². The Hall–Kier alpha value is -4.53. The van der Waals surface area contributed by atoms with Gasteiger partial charge in [-0.05, 0) is 25.8 Å². The number of halogens is 6. The van der Waals surface area contributed by atoms with E-state index in [9.17, 15) is 35.9 Å². The number of nitrogens with two attached hydrogens (primary N) is 1. The van der Waals surface area contributed by atoms with Gasteiger partial charge in [-0.3, -0.25) is 4.79 Å². The van der Waals surface area contributed by atoms with Crippen molar-refractivity contribution in [2.24, 2.45) is 0 Å². The molecule has 3 atom stereocenters. The van der Waals surface area contributed by atoms with Crippen molar-refractivity contribution in [3.8, 4) is 0 Å². The zero-order chi connectivity index (χ0) is 37.2. The van der Waals surface area contributed by atoms with Crippen molar-refractivity contribution in [1.82, 2.24) is 30.5 Å². The van der Waals surface area contributed by atoms with Crippen LogP contribution in [0.2, 0.25) is 0 Å². The molecule has 276 valence electrons. The standard InChI is InChI=1S/C25H33N7O3S.2C2HF3O2/c1-2-35-13-19-30-22-23(15-7-3-4-8-16(15)28-24(22)26)32(19)12-11-27-20(33)10-6-5-9-18-21-17(14-36-18)29-25(34)31-21;2*3-2(4,5)1(6)7/h3-4,7-8,17-18,21H,2,5-6,9-14H2,1H3,(H2,26,28)(H,27,33)(H2,29,31,34);2*(H,6,7). The molecule has 5 rings (SSSR count). The molecule has 0 aliphatic carbocycles. The Morgan fingerprint density at radius 3 is 2.32 bits per heavy atom. The molecule has 2 saturated heterocycles. The second kappa shape index (κ2) is 17.4. The average molecular weight is 740 g/mol. The first-order chi connectivity index (χ1) is 23.4. The lowest BCUT2D eigenvalue weighted by atomic mass is 10.0. The number of carboxylic acids is 2. The molecule has 3 aromatic rings. The number of alkyl halides is 6. The molecule has 0 bridgehead atoms. The first kappa shape index (κ1) is 39.9. The summed E-state index contributed by atoms with van der Waals surface area (Å²) in [6.07, 6.45) is -6.87. The molecule has 7 N–H and O–H groups in total. The Morgan fingerprint density at radius 1 is 1.06 bits per heavy atom. The van der Waals surface area contributed by atoms with Gasteiger partial charge in [0.05, 0.1) is 23.1 Å². The number of unbranched alkanes of at least 4 members (excludes halogenated alkanes) is 1. The van der Waals surface area contributed by atoms with Gasteiger partial charge in [-0.2, -0.15) is 38.1 Å². The molecular weight excluding hydrogens is 704 g/mol. The Balaban J connectivity index is 0.000000408. The van der Waals surface area contributed by atoms with E-state index in [1.807, 2.05) is 43.0 Å². The molecule has 0 spiro atoms. The van der Waals surface area contributed by atoms with Crippen molar-refractivity contribution in [3.05, 3.63) is 30.1 Å². The van der Waals surface area contributed by atoms with Gasteiger partial charge < -0.3 is 41.2 Å². The van der Waals surface area contributed by atoms with Crippen molar-refractivity contribution < 1.29 is 60.5 Å². The van der Waals surface area contributed by atoms with Crippen molar-refractivity contribution >= 4 is 63.4 Å². The molecular formula is C29H35F6N7O7S. The summed E-state index contributed by atoms with van der Waals surface area (Å²) >= 11 is 1.91. The van der Waals surface area contributed by atoms with Crippen LogP contribution in [0.5, 0.6) is 0 Å². The molecule has 3 amide bonds. The number of aliphatic carboxylic acids is 2. The number of pyridine rings is 1. The minimum Gasteiger partial charge on any atom is -0.475 e. The number of aromatic nitrogens is 3. The van der Waals surface area contributed by atoms with Crippen LogP contribution in [0, 0.1) is 0 Å². The third-order valence-corrected chi connectivity index (χ3v) is 8.86. The van der Waals surface area contributed by atoms with E-state index in [-0.39, 0.29) is 24.0 Å². The molecule has 2 fully saturated rings. The summed E-state index contributed by atoms with van der Waals surface area (Å²) in [5.74, 6) is -3.35. The fraction of sp³-hybridized carbons (Fsp3) is 0.517. The molecule has 2 aliphatic rings. The normalized spacial score (nSPS) is 18.3. The van der Waals surface area contributed by atoms with E-state index in [1.165, 1.54) is 0 Å². The van der Waals surface area contributed by atoms with Crippen molar-refractivity contribution in [2.75, 3.05) is 24.6 Å². The van der Waals surface area contributed by atoms with Crippen molar-refractivity contribution in [1.29, 1.82) is 0 Å². The van der Waals surface area contributed by atoms with Gasteiger partial charge in [0.25, 0.3) is 0 Å². The maximum absolute atomic E-state index is 12.5. The van der Waals surface area contributed by atoms with E-state index in [1.54, 1.807) is 0 Å². The number of fused-ring (bicyclic) bond motifs is 4. The van der Waals surface area contributed by atoms with Crippen LogP contribution in [0.1, 0.15) is 38.4 Å². The van der Waals surface area contributed by atoms with E-state index in [2.05, 4.69) is 25.5 Å². The number of hydrogen-bond donors (Lipinski definition) is 6. The number of nitrogen functional groups attached to an aromatic ring is 1. The lowest BCUT2D eigenvalue weighted by Gasteiger charge is -2.16. The molecule has 0 saturated carbocycles. The molecule has 1 aromatic carbocycles. The third-order valence-electron chi connectivity index (χ3n) is 7.35. The highest BCUT2D eigenvalue weighted by Gasteiger charge is 2.42. The lowest BCUT2D eigenvalue weighted by Crippen LogP contribution is -2.36. The number of rotatable bonds is 11. The van der Waals surface area contributed by atoms with E-state index < -0.39 is 24.3 Å². The summed E-state index contributed by atoms with van der Waals surface area (Å²) in [6, 6.07) is 8.27. The number of benzene rings is 1. The summed E-state index contributed by atoms with van der Waals surface area (Å²) in [6.45, 7) is 3.94. The van der Waals surface area contributed by atoms with E-state index in [4.69, 9.17) is 35.3 Å². The number of thioether (sulfide) groups is 1. The number of nitrogens with zero attached hydrogens (tertiary/aromatic N) is 3. The number of urea groups is 1. The quantitative estimate of drug-likeness (QED) is 0.0946. The van der Waals surface area contributed by atoms with Gasteiger partial charge in [0.2, 0.25) is 5.91 Å². The van der Waals surface area contributed by atoms with Crippen LogP contribution in [0.15, 0.2) is 24.3 Å². The van der Waals surface area contributed by atoms with Gasteiger partial charge in [0.15, 0.2) is 5.82 Å². The molecule has 2 aliphatic heterocycles. The fourth-order valence-electron chi connectivity index (χ4n) is 5.12. The van der Waals surface area contributed by atoms with Gasteiger partial charge >= 0.3 is 30.3 Å². The summed E-state index contributed by atoms with van der Waals surface area (Å²) in [7, 11) is 0. The van der Waals surface area contributed by atoms with Crippen LogP contribution in [0.25, 0.3) is 21.9 Å². The van der Waals surface area contributed by atoms with E-state index in [0.29, 0.717) is 49.3 Å². The van der Waals surface area contributed by atoms with Crippen molar-refractivity contribution in [3.63, 3.8) is 0 Å². The Labute approximate surface area is 284 Å². The number of imidazole rings is 1. The average Bonchev–Trinajstić information content (AvgIpc) is 3.71. The van der Waals surface area contributed by atoms with E-state index in [0.717, 1.165) is 47.3 Å². The number of ether oxygens (including phenoxy) is 1. The zero-order valence-corrected chi connectivity index (χ0v) is 27.3. The predicted octanol–water partition coefficient (Wildman–Crippen LogP) is 3.81. The maximum atomic E-state index is 12.5. The maximum Gasteiger partial charge on any atom is 0.490 e. The highest BCUT2D eigenvalue weighted by molar-refractivity contribution is 8.00. The SMILES string of the molecule is CCOCc1nc2c(N)nc3ccccc3c2n1CCNC(=O)CCCCC1SCC2NC(=O)NC21.O=C(O)C(F)(F)F.O=C(O)C(F)(F)F. The van der Waals surface area contributed by atoms with Gasteiger partial charge in [-0.15, -0.1) is 0 Å². The van der Waals surface area contributed by atoms with Crippen LogP contribution in [-0.4, -0.2) is 97.2 Å². The topological polar surface area (TPSA) is 211 Å². The Bertz CT molecular complexity index is 1650. The molecule has 14 nitrogen and oxygen atoms in total. The number of amides is 3. The van der Waals surface area contributed by atoms with Crippen LogP contribution in [0.3, 0.4) is 0 Å². The van der Waals surface area contributed by atoms with Gasteiger partial charge in [-0.1, -0.05) is 24.6 Å². The van der Waals surface area contributed by atoms with Crippen LogP contribution >= 0.6 is 11.8 Å². The van der Waals surface area contributed by atoms with Gasteiger partial charge in [0.1, 0.15) is 17.9 Å². The van der Waals surface area contributed by atoms with Gasteiger partial charge in [-0.25, -0.2) is 24.4 Å². The minimum absolute atomic E-state index is 0.0459. The largest absolute Gasteiger partial charge is 0.490 e. The predicted molar refractivity (Wildman–Crippen MR) is 169 cm³/mol. The molecule has 50 heavy (non-hydrogen) atoms. The van der Waals surface area contributed by atoms with Crippen LogP contribution < -0.4 is 21.7 Å². The number of carbonyl (C=O) groups is 4. The number of para-hydroxylation sites is 1. The van der Waals surface area contributed by atoms with Crippen LogP contribution in [0.4, 0.5) is 37.0 Å². The molecule has 4 heterocycles. The fourth-order valence-corrected chi connectivity index (χ4v) is 6.66. The highest BCUT2D eigenvalue weighted by Crippen LogP contribution is 2.33. The number of nitrogens with one attached hydrogen (secondary N) is 3. The monoisotopic (exact) mass is 739 g/mol. The smallest absolute Gasteiger partial charge is 0.475 e. The second-order valence-electron chi connectivity index (χ2n) is 10.9. The Kier molecular flexibility index (Phi) is 13.9. The summed E-state index contributed by atoms with van der Waals surface area (Å²) in [5.41, 5.74) is 8.63. The summed E-state index contributed by atoms with van der Waals surface area (Å²) in [4.78, 5) is 51.1. The number of hydrogen-bond acceptors (Lipinski definition) is 9. The number of carbonyl (C=O) groups excluding carboxylic acids is 2. The van der Waals surface area contributed by atoms with Gasteiger partial charge in [0, 0.05) is 42.5 Å². The third kappa shape index (κ3) is 11.0. The second-order valence-corrected chi connectivity index (χ2v) is 12.1. The summed E-state index contributed by atoms with van der Waals surface area (Å²) < 4.78 is 71.2. The molecule has 3 unspecified atom stereocenters. The van der Waals surface area contributed by atoms with Crippen molar-refractivity contribution in [2.45, 2.75) is 75.4 Å². The lowest BCUT2D eigenvalue weighted by molar-refractivity contribution is -0.193. The van der Waals surface area contributed by atoms with E-state index >= 15 is 0 Å². The molecule has 21 heteroatoms. The minimum atomic E-state index is -5.08. The first-order valence-electron chi connectivity index (χ1n) is 15.1. The number of carboxylic acid groups (broad SMARTS) is 2. The molecule has 2 aromatic heterocycles. The highest BCUT2D eigenvalue weighted by atomic mass is 32.2. The summed E-state index contributed by atoms with van der Waals surface area (Å²) in [5, 5.41) is 24.7. The molecule has 0 radical (unpaired) electrons. The Morgan fingerprint density at radius 2 is 1.70 bits per heavy atom. The first-order valence-corrected chi connectivity index (χ1v) is 16.2.